The summed E-state index contributed by atoms with van der Waals surface area (Å²) in [4.78, 5) is 2.66. The number of likely N-dealkylation sites (tertiary alicyclic amines) is 1. The molecule has 1 aliphatic heterocycles. The van der Waals surface area contributed by atoms with Crippen molar-refractivity contribution in [2.24, 2.45) is 0 Å². The fourth-order valence-corrected chi connectivity index (χ4v) is 3.93. The molecule has 1 aromatic carbocycles. The number of nitrogens with one attached hydrogen (secondary N) is 1. The molecule has 1 aliphatic rings. The molecule has 0 bridgehead atoms. The molecular formula is C16H26N2O2S. The van der Waals surface area contributed by atoms with E-state index < -0.39 is 10.0 Å². The zero-order valence-corrected chi connectivity index (χ0v) is 14.2. The van der Waals surface area contributed by atoms with Gasteiger partial charge in [0, 0.05) is 25.2 Å². The lowest BCUT2D eigenvalue weighted by Crippen LogP contribution is -2.38. The van der Waals surface area contributed by atoms with Crippen LogP contribution < -0.4 is 4.72 Å². The van der Waals surface area contributed by atoms with E-state index in [4.69, 9.17) is 0 Å². The first-order chi connectivity index (χ1) is 9.79. The third-order valence-electron chi connectivity index (χ3n) is 4.13. The average molecular weight is 310 g/mol. The summed E-state index contributed by atoms with van der Waals surface area (Å²) >= 11 is 0. The molecule has 0 unspecified atom stereocenters. The summed E-state index contributed by atoms with van der Waals surface area (Å²) in [5.41, 5.74) is 1.15. The Hall–Kier alpha value is -0.910. The highest BCUT2D eigenvalue weighted by molar-refractivity contribution is 7.89. The lowest BCUT2D eigenvalue weighted by molar-refractivity contribution is 0.271. The number of hydrogen-bond acceptors (Lipinski definition) is 3. The van der Waals surface area contributed by atoms with Crippen LogP contribution in [0.25, 0.3) is 0 Å². The zero-order chi connectivity index (χ0) is 15.6. The van der Waals surface area contributed by atoms with Crippen LogP contribution in [-0.4, -0.2) is 38.5 Å². The van der Waals surface area contributed by atoms with Crippen LogP contribution in [0.2, 0.25) is 0 Å². The minimum Gasteiger partial charge on any atom is -0.299 e. The molecule has 0 amide bonds. The fourth-order valence-electron chi connectivity index (χ4n) is 2.67. The van der Waals surface area contributed by atoms with Crippen molar-refractivity contribution in [3.63, 3.8) is 0 Å². The van der Waals surface area contributed by atoms with Crippen LogP contribution in [0, 0.1) is 0 Å². The zero-order valence-electron chi connectivity index (χ0n) is 13.3. The van der Waals surface area contributed by atoms with E-state index >= 15 is 0 Å². The first-order valence-electron chi connectivity index (χ1n) is 7.66. The van der Waals surface area contributed by atoms with Gasteiger partial charge in [-0.15, -0.1) is 0 Å². The third-order valence-corrected chi connectivity index (χ3v) is 5.67. The molecule has 0 spiro atoms. The molecule has 1 aromatic rings. The Kier molecular flexibility index (Phi) is 5.07. The van der Waals surface area contributed by atoms with Crippen LogP contribution in [0.15, 0.2) is 29.2 Å². The van der Waals surface area contributed by atoms with E-state index in [1.165, 1.54) is 0 Å². The van der Waals surface area contributed by atoms with E-state index in [-0.39, 0.29) is 6.04 Å². The Bertz CT molecular complexity index is 564. The summed E-state index contributed by atoms with van der Waals surface area (Å²) < 4.78 is 27.7. The van der Waals surface area contributed by atoms with Crippen molar-refractivity contribution in [2.45, 2.75) is 57.0 Å². The molecule has 1 saturated heterocycles. The maximum Gasteiger partial charge on any atom is 0.240 e. The van der Waals surface area contributed by atoms with Gasteiger partial charge < -0.3 is 0 Å². The lowest BCUT2D eigenvalue weighted by Gasteiger charge is -2.20. The third kappa shape index (κ3) is 4.05. The van der Waals surface area contributed by atoms with E-state index in [0.29, 0.717) is 16.9 Å². The second kappa shape index (κ2) is 6.46. The van der Waals surface area contributed by atoms with Crippen molar-refractivity contribution in [1.82, 2.24) is 9.62 Å². The van der Waals surface area contributed by atoms with Crippen LogP contribution >= 0.6 is 0 Å². The number of benzene rings is 1. The van der Waals surface area contributed by atoms with E-state index in [9.17, 15) is 8.42 Å². The predicted molar refractivity (Wildman–Crippen MR) is 86.0 cm³/mol. The molecule has 0 saturated carbocycles. The number of nitrogens with zero attached hydrogens (tertiary/aromatic N) is 1. The molecule has 1 heterocycles. The SMILES string of the molecule is CC(C)c1ccc(S(=O)(=O)N[C@@H]2CCN(C(C)C)C2)cc1. The first kappa shape index (κ1) is 16.5. The second-order valence-corrected chi connectivity index (χ2v) is 8.13. The van der Waals surface area contributed by atoms with Gasteiger partial charge in [0.05, 0.1) is 4.90 Å². The topological polar surface area (TPSA) is 49.4 Å². The molecule has 0 radical (unpaired) electrons. The largest absolute Gasteiger partial charge is 0.299 e. The molecule has 0 aliphatic carbocycles. The lowest BCUT2D eigenvalue weighted by atomic mass is 10.0. The molecular weight excluding hydrogens is 284 g/mol. The van der Waals surface area contributed by atoms with Crippen molar-refractivity contribution in [3.05, 3.63) is 29.8 Å². The number of rotatable bonds is 5. The maximum atomic E-state index is 12.4. The van der Waals surface area contributed by atoms with Gasteiger partial charge in [0.25, 0.3) is 0 Å². The van der Waals surface area contributed by atoms with Crippen LogP contribution in [-0.2, 0) is 10.0 Å². The Morgan fingerprint density at radius 1 is 1.14 bits per heavy atom. The highest BCUT2D eigenvalue weighted by atomic mass is 32.2. The van der Waals surface area contributed by atoms with Crippen molar-refractivity contribution < 1.29 is 8.42 Å². The molecule has 1 atom stereocenters. The van der Waals surface area contributed by atoms with Crippen molar-refractivity contribution >= 4 is 10.0 Å². The molecule has 2 rings (SSSR count). The van der Waals surface area contributed by atoms with Gasteiger partial charge in [-0.1, -0.05) is 26.0 Å². The number of sulfonamides is 1. The minimum atomic E-state index is -3.41. The summed E-state index contributed by atoms with van der Waals surface area (Å²) in [6.45, 7) is 10.2. The smallest absolute Gasteiger partial charge is 0.240 e. The Morgan fingerprint density at radius 2 is 1.76 bits per heavy atom. The van der Waals surface area contributed by atoms with Crippen LogP contribution in [0.4, 0.5) is 0 Å². The molecule has 4 nitrogen and oxygen atoms in total. The second-order valence-electron chi connectivity index (χ2n) is 6.42. The molecule has 5 heteroatoms. The fraction of sp³-hybridized carbons (Fsp3) is 0.625. The molecule has 1 N–H and O–H groups in total. The van der Waals surface area contributed by atoms with E-state index in [2.05, 4.69) is 37.3 Å². The van der Waals surface area contributed by atoms with Gasteiger partial charge in [0.15, 0.2) is 0 Å². The predicted octanol–water partition coefficient (Wildman–Crippen LogP) is 2.57. The molecule has 118 valence electrons. The summed E-state index contributed by atoms with van der Waals surface area (Å²) in [6, 6.07) is 7.68. The van der Waals surface area contributed by atoms with Crippen molar-refractivity contribution in [3.8, 4) is 0 Å². The van der Waals surface area contributed by atoms with Gasteiger partial charge in [-0.2, -0.15) is 0 Å². The highest BCUT2D eigenvalue weighted by Crippen LogP contribution is 2.19. The van der Waals surface area contributed by atoms with Crippen molar-refractivity contribution in [1.29, 1.82) is 0 Å². The van der Waals surface area contributed by atoms with Gasteiger partial charge >= 0.3 is 0 Å². The standard InChI is InChI=1S/C16H26N2O2S/c1-12(2)14-5-7-16(8-6-14)21(19,20)17-15-9-10-18(11-15)13(3)4/h5-8,12-13,15,17H,9-11H2,1-4H3/t15-/m1/s1. The normalized spacial score (nSPS) is 20.6. The van der Waals surface area contributed by atoms with Crippen LogP contribution in [0.3, 0.4) is 0 Å². The Morgan fingerprint density at radius 3 is 2.24 bits per heavy atom. The van der Waals surface area contributed by atoms with E-state index in [0.717, 1.165) is 25.1 Å². The monoisotopic (exact) mass is 310 g/mol. The Balaban J connectivity index is 2.05. The molecule has 1 fully saturated rings. The van der Waals surface area contributed by atoms with E-state index in [1.807, 2.05) is 12.1 Å². The van der Waals surface area contributed by atoms with Crippen LogP contribution in [0.1, 0.15) is 45.6 Å². The van der Waals surface area contributed by atoms with E-state index in [1.54, 1.807) is 12.1 Å². The molecule has 0 aromatic heterocycles. The quantitative estimate of drug-likeness (QED) is 0.909. The number of hydrogen-bond donors (Lipinski definition) is 1. The first-order valence-corrected chi connectivity index (χ1v) is 9.14. The summed E-state index contributed by atoms with van der Waals surface area (Å²) in [5.74, 6) is 0.407. The maximum absolute atomic E-state index is 12.4. The van der Waals surface area contributed by atoms with Gasteiger partial charge in [-0.25, -0.2) is 13.1 Å². The van der Waals surface area contributed by atoms with Gasteiger partial charge in [-0.3, -0.25) is 4.90 Å². The average Bonchev–Trinajstić information content (AvgIpc) is 2.87. The molecule has 21 heavy (non-hydrogen) atoms. The van der Waals surface area contributed by atoms with Gasteiger partial charge in [-0.05, 0) is 43.9 Å². The van der Waals surface area contributed by atoms with Crippen LogP contribution in [0.5, 0.6) is 0 Å². The summed E-state index contributed by atoms with van der Waals surface area (Å²) in [7, 11) is -3.41. The van der Waals surface area contributed by atoms with Gasteiger partial charge in [0.2, 0.25) is 10.0 Å². The van der Waals surface area contributed by atoms with Crippen molar-refractivity contribution in [2.75, 3.05) is 13.1 Å². The Labute approximate surface area is 128 Å². The minimum absolute atomic E-state index is 0.0159. The summed E-state index contributed by atoms with van der Waals surface area (Å²) in [6.07, 6.45) is 0.876. The highest BCUT2D eigenvalue weighted by Gasteiger charge is 2.28. The summed E-state index contributed by atoms with van der Waals surface area (Å²) in [5, 5.41) is 0. The van der Waals surface area contributed by atoms with Gasteiger partial charge in [0.1, 0.15) is 0 Å².